The number of rotatable bonds is 1. The van der Waals surface area contributed by atoms with Crippen LogP contribution in [0.5, 0.6) is 23.0 Å². The predicted molar refractivity (Wildman–Crippen MR) is 98.6 cm³/mol. The number of aromatic hydroxyl groups is 2. The first-order valence-corrected chi connectivity index (χ1v) is 8.36. The van der Waals surface area contributed by atoms with Gasteiger partial charge in [0.15, 0.2) is 5.60 Å². The maximum absolute atomic E-state index is 12.7. The molecule has 0 aromatic heterocycles. The lowest BCUT2D eigenvalue weighted by Crippen LogP contribution is -2.32. The largest absolute Gasteiger partial charge is 0.508 e. The molecule has 0 fully saturated rings. The molecule has 5 rings (SSSR count). The summed E-state index contributed by atoms with van der Waals surface area (Å²) in [5.74, 6) is -1.37. The van der Waals surface area contributed by atoms with Gasteiger partial charge in [-0.25, -0.2) is 9.59 Å². The summed E-state index contributed by atoms with van der Waals surface area (Å²) in [5.41, 5.74) is 0.159. The number of hydrogen-bond acceptors (Lipinski definition) is 6. The second-order valence-electron chi connectivity index (χ2n) is 6.60. The van der Waals surface area contributed by atoms with Crippen molar-refractivity contribution in [3.05, 3.63) is 82.4 Å². The van der Waals surface area contributed by atoms with Crippen molar-refractivity contribution in [2.75, 3.05) is 0 Å². The molecular weight excluding hydrogens is 380 g/mol. The van der Waals surface area contributed by atoms with Crippen LogP contribution in [-0.4, -0.2) is 32.7 Å². The van der Waals surface area contributed by atoms with Crippen LogP contribution in [0.4, 0.5) is 0 Å². The fourth-order valence-electron chi connectivity index (χ4n) is 3.84. The Labute approximate surface area is 163 Å². The van der Waals surface area contributed by atoms with Crippen LogP contribution < -0.4 is 4.74 Å². The van der Waals surface area contributed by atoms with Crippen LogP contribution in [-0.2, 0) is 10.3 Å². The zero-order valence-corrected chi connectivity index (χ0v) is 14.7. The van der Waals surface area contributed by atoms with E-state index in [-0.39, 0.29) is 39.6 Å². The maximum Gasteiger partial charge on any atom is 0.340 e. The van der Waals surface area contributed by atoms with E-state index in [4.69, 9.17) is 9.47 Å². The highest BCUT2D eigenvalue weighted by atomic mass is 16.6. The Hall–Kier alpha value is -4.04. The van der Waals surface area contributed by atoms with Gasteiger partial charge in [-0.15, -0.1) is 0 Å². The third-order valence-electron chi connectivity index (χ3n) is 5.02. The molecule has 0 radical (unpaired) electrons. The number of carbonyl (C=O) groups excluding carboxylic acids is 1. The van der Waals surface area contributed by atoms with E-state index >= 15 is 0 Å². The van der Waals surface area contributed by atoms with Gasteiger partial charge in [0.25, 0.3) is 0 Å². The molecule has 5 N–H and O–H groups in total. The number of esters is 1. The minimum absolute atomic E-state index is 0. The molecule has 146 valence electrons. The minimum Gasteiger partial charge on any atom is -0.508 e. The monoisotopic (exact) mass is 394 g/mol. The lowest BCUT2D eigenvalue weighted by Gasteiger charge is -2.36. The lowest BCUT2D eigenvalue weighted by atomic mass is 9.77. The lowest BCUT2D eigenvalue weighted by molar-refractivity contribution is 0.0224. The van der Waals surface area contributed by atoms with Gasteiger partial charge in [0.1, 0.15) is 23.0 Å². The van der Waals surface area contributed by atoms with Crippen LogP contribution in [0.3, 0.4) is 0 Å². The van der Waals surface area contributed by atoms with Crippen molar-refractivity contribution >= 4 is 11.9 Å². The summed E-state index contributed by atoms with van der Waals surface area (Å²) in [6, 6.07) is 13.1. The summed E-state index contributed by atoms with van der Waals surface area (Å²) < 4.78 is 11.7. The molecule has 0 bridgehead atoms. The molecule has 3 aromatic rings. The molecule has 2 heterocycles. The Morgan fingerprint density at radius 2 is 1.38 bits per heavy atom. The van der Waals surface area contributed by atoms with Crippen LogP contribution in [0.15, 0.2) is 54.6 Å². The predicted octanol–water partition coefficient (Wildman–Crippen LogP) is 2.54. The molecule has 0 unspecified atom stereocenters. The van der Waals surface area contributed by atoms with Crippen molar-refractivity contribution in [3.8, 4) is 23.0 Å². The Kier molecular flexibility index (Phi) is 3.78. The molecule has 0 atom stereocenters. The van der Waals surface area contributed by atoms with Gasteiger partial charge in [0, 0.05) is 28.8 Å². The van der Waals surface area contributed by atoms with Gasteiger partial charge < -0.3 is 30.3 Å². The van der Waals surface area contributed by atoms with Gasteiger partial charge in [0.05, 0.1) is 11.1 Å². The number of carboxylic acids is 1. The van der Waals surface area contributed by atoms with Crippen LogP contribution >= 0.6 is 0 Å². The summed E-state index contributed by atoms with van der Waals surface area (Å²) in [4.78, 5) is 24.0. The highest BCUT2D eigenvalue weighted by Crippen LogP contribution is 2.56. The first-order valence-electron chi connectivity index (χ1n) is 8.36. The summed E-state index contributed by atoms with van der Waals surface area (Å²) >= 11 is 0. The van der Waals surface area contributed by atoms with E-state index < -0.39 is 17.5 Å². The SMILES string of the molecule is O.O=C(O)c1ccc2c(c1)C(=O)OC21c2ccc(O)cc2Oc2cc(O)ccc21. The van der Waals surface area contributed by atoms with Gasteiger partial charge >= 0.3 is 11.9 Å². The molecule has 8 heteroatoms. The summed E-state index contributed by atoms with van der Waals surface area (Å²) in [7, 11) is 0. The van der Waals surface area contributed by atoms with Crippen LogP contribution in [0.25, 0.3) is 0 Å². The number of phenols is 2. The van der Waals surface area contributed by atoms with Crippen molar-refractivity contribution in [2.45, 2.75) is 5.60 Å². The number of hydrogen-bond donors (Lipinski definition) is 3. The summed E-state index contributed by atoms with van der Waals surface area (Å²) in [6.07, 6.45) is 0. The quantitative estimate of drug-likeness (QED) is 0.538. The highest BCUT2D eigenvalue weighted by molar-refractivity contribution is 6.00. The van der Waals surface area contributed by atoms with Gasteiger partial charge in [-0.2, -0.15) is 0 Å². The second-order valence-corrected chi connectivity index (χ2v) is 6.60. The average Bonchev–Trinajstić information content (AvgIpc) is 2.94. The van der Waals surface area contributed by atoms with E-state index in [2.05, 4.69) is 0 Å². The summed E-state index contributed by atoms with van der Waals surface area (Å²) in [5, 5.41) is 29.0. The third kappa shape index (κ3) is 2.36. The van der Waals surface area contributed by atoms with Crippen LogP contribution in [0.1, 0.15) is 37.4 Å². The zero-order valence-electron chi connectivity index (χ0n) is 14.7. The van der Waals surface area contributed by atoms with Crippen molar-refractivity contribution < 1.29 is 39.9 Å². The summed E-state index contributed by atoms with van der Waals surface area (Å²) in [6.45, 7) is 0. The Bertz CT molecular complexity index is 1150. The number of carboxylic acid groups (broad SMARTS) is 1. The van der Waals surface area contributed by atoms with E-state index in [1.807, 2.05) is 0 Å². The number of aromatic carboxylic acids is 1. The number of phenolic OH excluding ortho intramolecular Hbond substituents is 2. The topological polar surface area (TPSA) is 145 Å². The number of carbonyl (C=O) groups is 2. The first-order chi connectivity index (χ1) is 13.4. The highest BCUT2D eigenvalue weighted by Gasteiger charge is 2.53. The molecule has 1 spiro atoms. The number of ether oxygens (including phenoxy) is 2. The van der Waals surface area contributed by atoms with E-state index in [9.17, 15) is 24.9 Å². The fraction of sp³-hybridized carbons (Fsp3) is 0.0476. The second kappa shape index (κ2) is 5.98. The van der Waals surface area contributed by atoms with Gasteiger partial charge in [-0.3, -0.25) is 0 Å². The van der Waals surface area contributed by atoms with Gasteiger partial charge in [0.2, 0.25) is 0 Å². The first kappa shape index (κ1) is 18.3. The van der Waals surface area contributed by atoms with Gasteiger partial charge in [-0.1, -0.05) is 6.07 Å². The molecule has 0 amide bonds. The Morgan fingerprint density at radius 1 is 0.828 bits per heavy atom. The van der Waals surface area contributed by atoms with Crippen LogP contribution in [0, 0.1) is 0 Å². The minimum atomic E-state index is -1.38. The molecule has 0 saturated heterocycles. The van der Waals surface area contributed by atoms with E-state index in [1.54, 1.807) is 18.2 Å². The molecule has 2 aliphatic rings. The Balaban J connectivity index is 0.00000205. The molecule has 0 aliphatic carbocycles. The van der Waals surface area contributed by atoms with E-state index in [0.717, 1.165) is 0 Å². The smallest absolute Gasteiger partial charge is 0.340 e. The molecule has 2 aliphatic heterocycles. The van der Waals surface area contributed by atoms with Gasteiger partial charge in [-0.05, 0) is 36.4 Å². The zero-order chi connectivity index (χ0) is 19.6. The van der Waals surface area contributed by atoms with Crippen molar-refractivity contribution in [3.63, 3.8) is 0 Å². The average molecular weight is 394 g/mol. The van der Waals surface area contributed by atoms with Crippen molar-refractivity contribution in [1.82, 2.24) is 0 Å². The van der Waals surface area contributed by atoms with E-state index in [0.29, 0.717) is 16.7 Å². The van der Waals surface area contributed by atoms with Crippen LogP contribution in [0.2, 0.25) is 0 Å². The number of benzene rings is 3. The maximum atomic E-state index is 12.7. The Morgan fingerprint density at radius 3 is 1.93 bits per heavy atom. The standard InChI is InChI=1S/C21H12O7.H2O/c22-11-2-5-15-17(8-11)27-18-9-12(23)3-6-16(18)21(15)14-4-1-10(19(24)25)7-13(14)20(26)28-21;/h1-9,22-23H,(H,24,25);1H2. The molecule has 0 saturated carbocycles. The molecule has 8 nitrogen and oxygen atoms in total. The van der Waals surface area contributed by atoms with Crippen molar-refractivity contribution in [2.24, 2.45) is 0 Å². The third-order valence-corrected chi connectivity index (χ3v) is 5.02. The fourth-order valence-corrected chi connectivity index (χ4v) is 3.84. The van der Waals surface area contributed by atoms with E-state index in [1.165, 1.54) is 36.4 Å². The normalized spacial score (nSPS) is 14.7. The number of fused-ring (bicyclic) bond motifs is 6. The van der Waals surface area contributed by atoms with Crippen molar-refractivity contribution in [1.29, 1.82) is 0 Å². The molecule has 29 heavy (non-hydrogen) atoms. The molecule has 3 aromatic carbocycles. The molecular formula is C21H14O8.